The van der Waals surface area contributed by atoms with Crippen LogP contribution in [0.2, 0.25) is 5.82 Å². The zero-order valence-corrected chi connectivity index (χ0v) is 30.1. The number of carbonyl (C=O) groups is 1. The van der Waals surface area contributed by atoms with E-state index in [2.05, 4.69) is 32.6 Å². The smallest absolute Gasteiger partial charge is 0.461 e. The fourth-order valence-electron chi connectivity index (χ4n) is 8.37. The number of benzene rings is 3. The van der Waals surface area contributed by atoms with E-state index in [1.54, 1.807) is 30.0 Å². The lowest BCUT2D eigenvalue weighted by atomic mass is 9.62. The molecule has 3 fully saturated rings. The van der Waals surface area contributed by atoms with Crippen LogP contribution in [0.3, 0.4) is 0 Å². The van der Waals surface area contributed by atoms with Crippen molar-refractivity contribution in [1.29, 1.82) is 0 Å². The van der Waals surface area contributed by atoms with Gasteiger partial charge in [0.1, 0.15) is 24.0 Å². The number of alkyl halides is 3. The lowest BCUT2D eigenvalue weighted by Gasteiger charge is -2.44. The normalized spacial score (nSPS) is 26.9. The number of halogens is 5. The van der Waals surface area contributed by atoms with E-state index in [1.807, 2.05) is 12.1 Å². The molecule has 3 aromatic carbocycles. The predicted molar refractivity (Wildman–Crippen MR) is 186 cm³/mol. The summed E-state index contributed by atoms with van der Waals surface area (Å²) in [6, 6.07) is 14.6. The summed E-state index contributed by atoms with van der Waals surface area (Å²) in [5.41, 5.74) is -0.392. The van der Waals surface area contributed by atoms with E-state index in [1.165, 1.54) is 12.1 Å². The Labute approximate surface area is 300 Å². The summed E-state index contributed by atoms with van der Waals surface area (Å²) in [5, 5.41) is 0. The number of likely N-dealkylation sites (tertiary alicyclic amines) is 1. The maximum atomic E-state index is 14.5. The molecule has 2 unspecified atom stereocenters. The number of carbonyl (C=O) groups excluding carboxylic acids is 1. The second-order valence-electron chi connectivity index (χ2n) is 15.4. The number of ether oxygens (including phenoxy) is 1. The fraction of sp³-hybridized carbons (Fsp3) is 0.513. The first-order valence-corrected chi connectivity index (χ1v) is 18.6. The SMILES string of the molecule is CC1(C)OB(C2CCC(C(=O)N3CCC4(Sc5ccc(F)cc5)c5ccc(OCc6c(F)cccc6C(F)(F)F)cc5CCC34)CC2)OC1(C)C. The zero-order valence-electron chi connectivity index (χ0n) is 29.3. The van der Waals surface area contributed by atoms with Crippen molar-refractivity contribution >= 4 is 24.8 Å². The molecule has 4 aliphatic rings. The summed E-state index contributed by atoms with van der Waals surface area (Å²) >= 11 is 1.63. The minimum absolute atomic E-state index is 0.0903. The number of rotatable bonds is 7. The largest absolute Gasteiger partial charge is 0.489 e. The van der Waals surface area contributed by atoms with Gasteiger partial charge in [-0.15, -0.1) is 11.8 Å². The van der Waals surface area contributed by atoms with Crippen LogP contribution in [-0.4, -0.2) is 41.7 Å². The number of hydrogen-bond donors (Lipinski definition) is 0. The molecule has 1 amide bonds. The van der Waals surface area contributed by atoms with Gasteiger partial charge >= 0.3 is 13.3 Å². The summed E-state index contributed by atoms with van der Waals surface area (Å²) in [6.45, 7) is 8.24. The molecule has 0 N–H and O–H groups in total. The number of aryl methyl sites for hydroxylation is 1. The molecule has 51 heavy (non-hydrogen) atoms. The molecule has 2 saturated heterocycles. The molecule has 5 nitrogen and oxygen atoms in total. The van der Waals surface area contributed by atoms with Crippen molar-refractivity contribution in [1.82, 2.24) is 4.90 Å². The van der Waals surface area contributed by atoms with Crippen molar-refractivity contribution in [3.8, 4) is 5.75 Å². The first-order chi connectivity index (χ1) is 24.1. The highest BCUT2D eigenvalue weighted by molar-refractivity contribution is 8.00. The Morgan fingerprint density at radius 1 is 0.941 bits per heavy atom. The van der Waals surface area contributed by atoms with Gasteiger partial charge in [0.15, 0.2) is 0 Å². The Kier molecular flexibility index (Phi) is 9.53. The van der Waals surface area contributed by atoms with Gasteiger partial charge in [-0.25, -0.2) is 8.78 Å². The van der Waals surface area contributed by atoms with E-state index in [-0.39, 0.29) is 36.6 Å². The summed E-state index contributed by atoms with van der Waals surface area (Å²) in [4.78, 5) is 17.3. The van der Waals surface area contributed by atoms with E-state index < -0.39 is 45.7 Å². The average molecular weight is 728 g/mol. The van der Waals surface area contributed by atoms with Crippen LogP contribution in [0.5, 0.6) is 5.75 Å². The van der Waals surface area contributed by atoms with Crippen LogP contribution in [0.15, 0.2) is 65.6 Å². The molecule has 0 bridgehead atoms. The lowest BCUT2D eigenvalue weighted by molar-refractivity contribution is -0.139. The van der Waals surface area contributed by atoms with Gasteiger partial charge in [-0.2, -0.15) is 13.2 Å². The van der Waals surface area contributed by atoms with Crippen LogP contribution in [0.25, 0.3) is 0 Å². The first kappa shape index (κ1) is 36.3. The third kappa shape index (κ3) is 6.81. The Morgan fingerprint density at radius 2 is 1.63 bits per heavy atom. The number of thioether (sulfide) groups is 1. The number of nitrogens with zero attached hydrogens (tertiary/aromatic N) is 1. The molecule has 2 heterocycles. The third-order valence-electron chi connectivity index (χ3n) is 11.8. The van der Waals surface area contributed by atoms with E-state index in [9.17, 15) is 26.7 Å². The third-order valence-corrected chi connectivity index (χ3v) is 13.4. The number of fused-ring (bicyclic) bond motifs is 3. The lowest BCUT2D eigenvalue weighted by Crippen LogP contribution is -2.48. The second-order valence-corrected chi connectivity index (χ2v) is 16.8. The molecule has 7 rings (SSSR count). The van der Waals surface area contributed by atoms with Crippen LogP contribution in [0, 0.1) is 17.6 Å². The Balaban J connectivity index is 1.10. The molecule has 2 aliphatic heterocycles. The molecular formula is C39H43BF5NO4S. The van der Waals surface area contributed by atoms with Crippen molar-refractivity contribution in [2.24, 2.45) is 5.92 Å². The Hall–Kier alpha value is -3.09. The summed E-state index contributed by atoms with van der Waals surface area (Å²) in [5.74, 6) is -0.650. The molecule has 0 aromatic heterocycles. The highest BCUT2D eigenvalue weighted by Gasteiger charge is 2.56. The number of amides is 1. The molecule has 1 saturated carbocycles. The van der Waals surface area contributed by atoms with E-state index in [0.29, 0.717) is 31.6 Å². The maximum Gasteiger partial charge on any atom is 0.461 e. The summed E-state index contributed by atoms with van der Waals surface area (Å²) < 4.78 is 87.2. The van der Waals surface area contributed by atoms with Crippen LogP contribution in [0.4, 0.5) is 22.0 Å². The zero-order chi connectivity index (χ0) is 36.3. The van der Waals surface area contributed by atoms with Crippen molar-refractivity contribution in [3.63, 3.8) is 0 Å². The molecule has 3 aromatic rings. The molecule has 272 valence electrons. The molecule has 2 aliphatic carbocycles. The molecule has 2 atom stereocenters. The summed E-state index contributed by atoms with van der Waals surface area (Å²) in [7, 11) is -0.278. The van der Waals surface area contributed by atoms with Gasteiger partial charge in [-0.05, 0) is 125 Å². The van der Waals surface area contributed by atoms with Crippen molar-refractivity contribution in [2.45, 2.75) is 118 Å². The van der Waals surface area contributed by atoms with Gasteiger partial charge in [0, 0.05) is 22.9 Å². The minimum atomic E-state index is -4.71. The maximum absolute atomic E-state index is 14.5. The summed E-state index contributed by atoms with van der Waals surface area (Å²) in [6.07, 6.45) is 0.531. The molecular weight excluding hydrogens is 684 g/mol. The van der Waals surface area contributed by atoms with Crippen molar-refractivity contribution in [2.75, 3.05) is 6.54 Å². The van der Waals surface area contributed by atoms with Crippen LogP contribution in [-0.2, 0) is 38.1 Å². The van der Waals surface area contributed by atoms with Crippen LogP contribution in [0.1, 0.15) is 88.5 Å². The Morgan fingerprint density at radius 3 is 2.29 bits per heavy atom. The monoisotopic (exact) mass is 727 g/mol. The fourth-order valence-corrected chi connectivity index (χ4v) is 9.94. The predicted octanol–water partition coefficient (Wildman–Crippen LogP) is 9.75. The van der Waals surface area contributed by atoms with Gasteiger partial charge in [0.05, 0.1) is 27.6 Å². The second kappa shape index (κ2) is 13.4. The topological polar surface area (TPSA) is 48.0 Å². The highest BCUT2D eigenvalue weighted by atomic mass is 32.2. The number of hydrogen-bond acceptors (Lipinski definition) is 5. The van der Waals surface area contributed by atoms with E-state index in [4.69, 9.17) is 14.0 Å². The van der Waals surface area contributed by atoms with Gasteiger partial charge in [-0.1, -0.05) is 25.0 Å². The van der Waals surface area contributed by atoms with Gasteiger partial charge < -0.3 is 18.9 Å². The van der Waals surface area contributed by atoms with Crippen molar-refractivity contribution < 1.29 is 40.8 Å². The van der Waals surface area contributed by atoms with E-state index in [0.717, 1.165) is 59.9 Å². The quantitative estimate of drug-likeness (QED) is 0.179. The van der Waals surface area contributed by atoms with Gasteiger partial charge in [-0.3, -0.25) is 4.79 Å². The molecule has 0 spiro atoms. The minimum Gasteiger partial charge on any atom is -0.489 e. The highest BCUT2D eigenvalue weighted by Crippen LogP contribution is 2.57. The van der Waals surface area contributed by atoms with Crippen LogP contribution < -0.4 is 4.74 Å². The average Bonchev–Trinajstić information content (AvgIpc) is 3.57. The van der Waals surface area contributed by atoms with Crippen molar-refractivity contribution in [3.05, 3.63) is 94.6 Å². The van der Waals surface area contributed by atoms with E-state index >= 15 is 0 Å². The molecule has 12 heteroatoms. The first-order valence-electron chi connectivity index (χ1n) is 17.8. The molecule has 0 radical (unpaired) electrons. The van der Waals surface area contributed by atoms with Gasteiger partial charge in [0.2, 0.25) is 5.91 Å². The Bertz CT molecular complexity index is 1760. The van der Waals surface area contributed by atoms with Gasteiger partial charge in [0.25, 0.3) is 0 Å². The standard InChI is InChI=1S/C39H43BF5NO4S/c1-36(2)37(3,4)50-40(49-36)26-11-8-24(9-12-26)35(47)46-21-20-38(51-29-16-13-27(41)14-17-29)31-18-15-28(22-25(31)10-19-34(38)46)48-23-30-32(39(43,44)45)6-5-7-33(30)42/h5-7,13-18,22,24,26,34H,8-12,19-21,23H2,1-4H3. The van der Waals surface area contributed by atoms with Crippen LogP contribution >= 0.6 is 11.8 Å².